The van der Waals surface area contributed by atoms with Crippen LogP contribution in [0.3, 0.4) is 0 Å². The molecule has 0 saturated heterocycles. The van der Waals surface area contributed by atoms with Crippen LogP contribution in [0.15, 0.2) is 47.4 Å². The fourth-order valence-electron chi connectivity index (χ4n) is 3.20. The minimum absolute atomic E-state index is 0.229. The van der Waals surface area contributed by atoms with Crippen LogP contribution in [0.4, 0.5) is 5.69 Å². The summed E-state index contributed by atoms with van der Waals surface area (Å²) in [7, 11) is 0. The van der Waals surface area contributed by atoms with Gasteiger partial charge in [0.15, 0.2) is 18.1 Å². The Labute approximate surface area is 167 Å². The number of hydrogen-bond donors (Lipinski definition) is 0. The molecule has 2 aliphatic heterocycles. The highest BCUT2D eigenvalue weighted by atomic mass is 32.2. The maximum Gasteiger partial charge on any atom is 0.338 e. The molecule has 1 amide bonds. The first kappa shape index (κ1) is 18.7. The topological polar surface area (TPSA) is 65.1 Å². The van der Waals surface area contributed by atoms with Crippen molar-refractivity contribution < 1.29 is 23.8 Å². The van der Waals surface area contributed by atoms with E-state index in [0.29, 0.717) is 42.1 Å². The molecule has 6 nitrogen and oxygen atoms in total. The second-order valence-corrected chi connectivity index (χ2v) is 8.15. The van der Waals surface area contributed by atoms with Crippen molar-refractivity contribution in [2.75, 3.05) is 31.3 Å². The Morgan fingerprint density at radius 2 is 1.93 bits per heavy atom. The second-order valence-electron chi connectivity index (χ2n) is 6.66. The van der Waals surface area contributed by atoms with Gasteiger partial charge < -0.3 is 19.1 Å². The summed E-state index contributed by atoms with van der Waals surface area (Å²) in [6.45, 7) is 3.37. The highest BCUT2D eigenvalue weighted by Gasteiger charge is 2.25. The van der Waals surface area contributed by atoms with E-state index in [-0.39, 0.29) is 12.5 Å². The van der Waals surface area contributed by atoms with Gasteiger partial charge in [-0.2, -0.15) is 0 Å². The van der Waals surface area contributed by atoms with Crippen LogP contribution in [0.1, 0.15) is 23.7 Å². The van der Waals surface area contributed by atoms with E-state index in [1.165, 1.54) is 0 Å². The molecule has 7 heteroatoms. The summed E-state index contributed by atoms with van der Waals surface area (Å²) in [5.41, 5.74) is 1.20. The fraction of sp³-hybridized carbons (Fsp3) is 0.333. The third-order valence-electron chi connectivity index (χ3n) is 4.65. The molecule has 0 unspecified atom stereocenters. The number of amides is 1. The summed E-state index contributed by atoms with van der Waals surface area (Å²) in [4.78, 5) is 28.0. The van der Waals surface area contributed by atoms with Crippen LogP contribution in [0, 0.1) is 0 Å². The molecular weight excluding hydrogens is 378 g/mol. The zero-order chi connectivity index (χ0) is 19.5. The van der Waals surface area contributed by atoms with E-state index >= 15 is 0 Å². The van der Waals surface area contributed by atoms with Crippen LogP contribution in [-0.4, -0.2) is 43.5 Å². The zero-order valence-corrected chi connectivity index (χ0v) is 16.4. The molecule has 2 aromatic carbocycles. The number of esters is 1. The lowest BCUT2D eigenvalue weighted by Gasteiger charge is -2.22. The Morgan fingerprint density at radius 1 is 1.14 bits per heavy atom. The highest BCUT2D eigenvalue weighted by Crippen LogP contribution is 2.37. The van der Waals surface area contributed by atoms with Gasteiger partial charge in [0.05, 0.1) is 11.3 Å². The van der Waals surface area contributed by atoms with Crippen LogP contribution in [-0.2, 0) is 9.53 Å². The number of fused-ring (bicyclic) bond motifs is 2. The molecule has 0 radical (unpaired) electrons. The largest absolute Gasteiger partial charge is 0.486 e. The van der Waals surface area contributed by atoms with Crippen LogP contribution < -0.4 is 14.4 Å². The molecule has 0 N–H and O–H groups in total. The van der Waals surface area contributed by atoms with E-state index in [2.05, 4.69) is 6.92 Å². The third-order valence-corrected chi connectivity index (χ3v) is 5.89. The van der Waals surface area contributed by atoms with E-state index in [1.54, 1.807) is 34.9 Å². The van der Waals surface area contributed by atoms with Gasteiger partial charge in [-0.05, 0) is 36.8 Å². The molecule has 2 heterocycles. The minimum atomic E-state index is -0.559. The summed E-state index contributed by atoms with van der Waals surface area (Å²) in [6, 6.07) is 12.7. The van der Waals surface area contributed by atoms with Crippen molar-refractivity contribution in [1.29, 1.82) is 0 Å². The number of ether oxygens (including phenoxy) is 3. The van der Waals surface area contributed by atoms with Crippen LogP contribution in [0.25, 0.3) is 0 Å². The van der Waals surface area contributed by atoms with Crippen molar-refractivity contribution >= 4 is 29.3 Å². The number of carbonyl (C=O) groups is 2. The van der Waals surface area contributed by atoms with E-state index in [4.69, 9.17) is 14.2 Å². The van der Waals surface area contributed by atoms with E-state index in [9.17, 15) is 9.59 Å². The van der Waals surface area contributed by atoms with Gasteiger partial charge in [-0.3, -0.25) is 4.79 Å². The van der Waals surface area contributed by atoms with Crippen molar-refractivity contribution in [3.63, 3.8) is 0 Å². The summed E-state index contributed by atoms with van der Waals surface area (Å²) < 4.78 is 16.2. The molecule has 0 spiro atoms. The number of rotatable bonds is 3. The third kappa shape index (κ3) is 3.94. The Kier molecular flexibility index (Phi) is 5.43. The normalized spacial score (nSPS) is 18.0. The van der Waals surface area contributed by atoms with Gasteiger partial charge in [-0.1, -0.05) is 19.1 Å². The fourth-order valence-corrected chi connectivity index (χ4v) is 4.32. The monoisotopic (exact) mass is 399 g/mol. The molecule has 146 valence electrons. The summed E-state index contributed by atoms with van der Waals surface area (Å²) >= 11 is 1.76. The lowest BCUT2D eigenvalue weighted by molar-refractivity contribution is -0.121. The number of benzene rings is 2. The molecule has 0 bridgehead atoms. The van der Waals surface area contributed by atoms with Gasteiger partial charge in [-0.25, -0.2) is 4.79 Å². The molecule has 0 fully saturated rings. The summed E-state index contributed by atoms with van der Waals surface area (Å²) in [5.74, 6) is 0.329. The number of para-hydroxylation sites is 1. The molecule has 2 aliphatic rings. The Morgan fingerprint density at radius 3 is 2.79 bits per heavy atom. The first-order valence-corrected chi connectivity index (χ1v) is 10.1. The van der Waals surface area contributed by atoms with Crippen LogP contribution in [0.5, 0.6) is 11.5 Å². The van der Waals surface area contributed by atoms with Gasteiger partial charge in [0.25, 0.3) is 5.91 Å². The lowest BCUT2D eigenvalue weighted by Crippen LogP contribution is -2.35. The van der Waals surface area contributed by atoms with E-state index in [0.717, 1.165) is 17.0 Å². The van der Waals surface area contributed by atoms with Gasteiger partial charge >= 0.3 is 5.97 Å². The molecule has 1 atom stereocenters. The average molecular weight is 399 g/mol. The maximum atomic E-state index is 12.8. The number of nitrogens with zero attached hydrogens (tertiary/aromatic N) is 1. The maximum absolute atomic E-state index is 12.8. The standard InChI is InChI=1S/C21H21NO5S/c1-14-8-9-22(16-4-2-3-5-19(16)28-14)20(23)13-27-21(24)15-6-7-17-18(12-15)26-11-10-25-17/h2-7,12,14H,8-11,13H2,1H3/t14-/m0/s1. The molecule has 4 rings (SSSR count). The zero-order valence-electron chi connectivity index (χ0n) is 15.6. The molecule has 0 aliphatic carbocycles. The van der Waals surface area contributed by atoms with Gasteiger partial charge in [0.2, 0.25) is 0 Å². The highest BCUT2D eigenvalue weighted by molar-refractivity contribution is 8.00. The van der Waals surface area contributed by atoms with Crippen molar-refractivity contribution in [2.24, 2.45) is 0 Å². The minimum Gasteiger partial charge on any atom is -0.486 e. The van der Waals surface area contributed by atoms with Crippen LogP contribution in [0.2, 0.25) is 0 Å². The molecule has 28 heavy (non-hydrogen) atoms. The first-order chi connectivity index (χ1) is 13.6. The summed E-state index contributed by atoms with van der Waals surface area (Å²) in [5, 5.41) is 0.416. The number of anilines is 1. The van der Waals surface area contributed by atoms with Crippen molar-refractivity contribution in [2.45, 2.75) is 23.5 Å². The lowest BCUT2D eigenvalue weighted by atomic mass is 10.2. The van der Waals surface area contributed by atoms with Crippen molar-refractivity contribution in [3.8, 4) is 11.5 Å². The predicted octanol–water partition coefficient (Wildman–Crippen LogP) is 3.53. The summed E-state index contributed by atoms with van der Waals surface area (Å²) in [6.07, 6.45) is 0.876. The van der Waals surface area contributed by atoms with Gasteiger partial charge in [0, 0.05) is 16.7 Å². The molecule has 0 aromatic heterocycles. The number of thioether (sulfide) groups is 1. The molecule has 0 saturated carbocycles. The molecular formula is C21H21NO5S. The van der Waals surface area contributed by atoms with E-state index in [1.807, 2.05) is 24.3 Å². The van der Waals surface area contributed by atoms with Crippen LogP contribution >= 0.6 is 11.8 Å². The van der Waals surface area contributed by atoms with Gasteiger partial charge in [-0.15, -0.1) is 11.8 Å². The van der Waals surface area contributed by atoms with E-state index < -0.39 is 5.97 Å². The SMILES string of the molecule is C[C@H]1CCN(C(=O)COC(=O)c2ccc3c(c2)OCCO3)c2ccccc2S1. The quantitative estimate of drug-likeness (QED) is 0.736. The Balaban J connectivity index is 1.43. The number of carbonyl (C=O) groups excluding carboxylic acids is 2. The second kappa shape index (κ2) is 8.14. The smallest absolute Gasteiger partial charge is 0.338 e. The van der Waals surface area contributed by atoms with Crippen molar-refractivity contribution in [1.82, 2.24) is 0 Å². The van der Waals surface area contributed by atoms with Crippen molar-refractivity contribution in [3.05, 3.63) is 48.0 Å². The van der Waals surface area contributed by atoms with Gasteiger partial charge in [0.1, 0.15) is 13.2 Å². The number of hydrogen-bond acceptors (Lipinski definition) is 6. The average Bonchev–Trinajstić information content (AvgIpc) is 2.89. The molecule has 2 aromatic rings. The predicted molar refractivity (Wildman–Crippen MR) is 106 cm³/mol. The first-order valence-electron chi connectivity index (χ1n) is 9.24. The Hall–Kier alpha value is -2.67. The Bertz CT molecular complexity index is 900.